The molecule has 1 N–H and O–H groups in total. The normalized spacial score (nSPS) is 15.6. The Morgan fingerprint density at radius 1 is 1.03 bits per heavy atom. The van der Waals surface area contributed by atoms with Gasteiger partial charge < -0.3 is 4.74 Å². The zero-order chi connectivity index (χ0) is 22.1. The quantitative estimate of drug-likeness (QED) is 0.435. The van der Waals surface area contributed by atoms with Crippen molar-refractivity contribution in [2.45, 2.75) is 46.3 Å². The van der Waals surface area contributed by atoms with Gasteiger partial charge in [0.25, 0.3) is 0 Å². The minimum atomic E-state index is -0.156. The third kappa shape index (κ3) is 7.23. The smallest absolute Gasteiger partial charge is 0.243 e. The average Bonchev–Trinajstić information content (AvgIpc) is 2.78. The van der Waals surface area contributed by atoms with Crippen LogP contribution in [0.2, 0.25) is 0 Å². The Morgan fingerprint density at radius 2 is 1.71 bits per heavy atom. The molecule has 1 atom stereocenters. The monoisotopic (exact) mass is 419 g/mol. The van der Waals surface area contributed by atoms with Gasteiger partial charge in [0.15, 0.2) is 0 Å². The van der Waals surface area contributed by atoms with E-state index in [2.05, 4.69) is 36.7 Å². The van der Waals surface area contributed by atoms with Gasteiger partial charge in [-0.05, 0) is 54.5 Å². The number of carbonyl (C=O) groups is 2. The minimum Gasteiger partial charge on any atom is -0.489 e. The summed E-state index contributed by atoms with van der Waals surface area (Å²) in [5.41, 5.74) is 7.78. The molecular weight excluding hydrogens is 390 g/mol. The lowest BCUT2D eigenvalue weighted by atomic mass is 9.87. The van der Waals surface area contributed by atoms with Gasteiger partial charge in [-0.3, -0.25) is 14.4 Å². The van der Waals surface area contributed by atoms with Crippen molar-refractivity contribution in [3.05, 3.63) is 88.5 Å². The number of rotatable bonds is 10. The minimum absolute atomic E-state index is 0.156. The maximum atomic E-state index is 12.0. The molecule has 1 unspecified atom stereocenters. The lowest BCUT2D eigenvalue weighted by Crippen LogP contribution is -2.23. The number of nitrogens with one attached hydrogen (secondary N) is 1. The fourth-order valence-corrected chi connectivity index (χ4v) is 3.36. The van der Waals surface area contributed by atoms with Crippen molar-refractivity contribution in [1.29, 1.82) is 0 Å². The molecule has 2 aromatic rings. The Balaban J connectivity index is 1.35. The fourth-order valence-electron chi connectivity index (χ4n) is 3.36. The van der Waals surface area contributed by atoms with Crippen molar-refractivity contribution < 1.29 is 19.2 Å². The highest BCUT2D eigenvalue weighted by atomic mass is 16.6. The predicted octanol–water partition coefficient (Wildman–Crippen LogP) is 4.99. The highest BCUT2D eigenvalue weighted by molar-refractivity contribution is 5.76. The summed E-state index contributed by atoms with van der Waals surface area (Å²) < 4.78 is 5.80. The number of allylic oxidation sites excluding steroid dienone is 4. The van der Waals surface area contributed by atoms with Crippen LogP contribution in [0.25, 0.3) is 0 Å². The van der Waals surface area contributed by atoms with Crippen molar-refractivity contribution in [3.8, 4) is 5.75 Å². The standard InChI is InChI=1S/C26H29NO4/c1-19-3-5-22(6-4-19)17-30-25-12-8-23(9-13-25)18-31-27-26(29)14-10-21-7-11-24(16-28)20(2)15-21/h3-9,11-13,16,20H,10,14-15,17-18H2,1-2H3,(H,27,29). The highest BCUT2D eigenvalue weighted by Crippen LogP contribution is 2.26. The summed E-state index contributed by atoms with van der Waals surface area (Å²) >= 11 is 0. The first-order chi connectivity index (χ1) is 15.0. The Labute approximate surface area is 183 Å². The third-order valence-corrected chi connectivity index (χ3v) is 5.33. The van der Waals surface area contributed by atoms with E-state index in [1.165, 1.54) is 11.1 Å². The van der Waals surface area contributed by atoms with Gasteiger partial charge in [-0.15, -0.1) is 0 Å². The van der Waals surface area contributed by atoms with Gasteiger partial charge in [-0.2, -0.15) is 0 Å². The summed E-state index contributed by atoms with van der Waals surface area (Å²) in [5, 5.41) is 0. The van der Waals surface area contributed by atoms with Crippen LogP contribution in [0.3, 0.4) is 0 Å². The highest BCUT2D eigenvalue weighted by Gasteiger charge is 2.15. The van der Waals surface area contributed by atoms with Crippen LogP contribution in [0.1, 0.15) is 42.9 Å². The van der Waals surface area contributed by atoms with Crippen LogP contribution >= 0.6 is 0 Å². The summed E-state index contributed by atoms with van der Waals surface area (Å²) in [4.78, 5) is 28.3. The molecule has 5 nitrogen and oxygen atoms in total. The van der Waals surface area contributed by atoms with Crippen molar-refractivity contribution >= 4 is 12.2 Å². The second-order valence-corrected chi connectivity index (χ2v) is 7.95. The average molecular weight is 420 g/mol. The summed E-state index contributed by atoms with van der Waals surface area (Å²) in [7, 11) is 0. The van der Waals surface area contributed by atoms with Gasteiger partial charge in [-0.25, -0.2) is 5.48 Å². The number of ether oxygens (including phenoxy) is 1. The van der Waals surface area contributed by atoms with Crippen molar-refractivity contribution in [2.75, 3.05) is 0 Å². The van der Waals surface area contributed by atoms with Gasteiger partial charge in [0.05, 0.1) is 6.61 Å². The van der Waals surface area contributed by atoms with Crippen LogP contribution in [0.15, 0.2) is 71.8 Å². The largest absolute Gasteiger partial charge is 0.489 e. The number of aldehydes is 1. The fraction of sp³-hybridized carbons (Fsp3) is 0.308. The van der Waals surface area contributed by atoms with E-state index in [4.69, 9.17) is 9.57 Å². The van der Waals surface area contributed by atoms with Gasteiger partial charge >= 0.3 is 0 Å². The Bertz CT molecular complexity index is 942. The van der Waals surface area contributed by atoms with Gasteiger partial charge in [0.1, 0.15) is 18.6 Å². The number of amides is 1. The first-order valence-corrected chi connectivity index (χ1v) is 10.6. The molecule has 0 aromatic heterocycles. The predicted molar refractivity (Wildman–Crippen MR) is 120 cm³/mol. The summed E-state index contributed by atoms with van der Waals surface area (Å²) in [6.07, 6.45) is 6.53. The molecule has 2 aromatic carbocycles. The summed E-state index contributed by atoms with van der Waals surface area (Å²) in [6, 6.07) is 15.9. The van der Waals surface area contributed by atoms with Crippen LogP contribution < -0.4 is 10.2 Å². The molecule has 1 aliphatic carbocycles. The van der Waals surface area contributed by atoms with Crippen molar-refractivity contribution in [2.24, 2.45) is 5.92 Å². The molecule has 0 saturated heterocycles. The van der Waals surface area contributed by atoms with E-state index in [-0.39, 0.29) is 18.4 Å². The van der Waals surface area contributed by atoms with E-state index in [0.29, 0.717) is 19.4 Å². The molecule has 5 heteroatoms. The summed E-state index contributed by atoms with van der Waals surface area (Å²) in [5.74, 6) is 0.840. The van der Waals surface area contributed by atoms with Crippen LogP contribution in [0, 0.1) is 12.8 Å². The third-order valence-electron chi connectivity index (χ3n) is 5.33. The maximum absolute atomic E-state index is 12.0. The number of hydroxylamine groups is 1. The number of carbonyl (C=O) groups excluding carboxylic acids is 2. The van der Waals surface area contributed by atoms with E-state index < -0.39 is 0 Å². The van der Waals surface area contributed by atoms with E-state index >= 15 is 0 Å². The molecule has 0 fully saturated rings. The van der Waals surface area contributed by atoms with E-state index in [1.54, 1.807) is 0 Å². The lowest BCUT2D eigenvalue weighted by molar-refractivity contribution is -0.134. The van der Waals surface area contributed by atoms with Crippen molar-refractivity contribution in [3.63, 3.8) is 0 Å². The van der Waals surface area contributed by atoms with Gasteiger partial charge in [0.2, 0.25) is 5.91 Å². The molecule has 162 valence electrons. The molecule has 0 bridgehead atoms. The second kappa shape index (κ2) is 11.3. The molecule has 0 saturated carbocycles. The maximum Gasteiger partial charge on any atom is 0.243 e. The molecular formula is C26H29NO4. The van der Waals surface area contributed by atoms with Crippen molar-refractivity contribution in [1.82, 2.24) is 5.48 Å². The Hall–Kier alpha value is -3.18. The second-order valence-electron chi connectivity index (χ2n) is 7.95. The molecule has 0 heterocycles. The zero-order valence-electron chi connectivity index (χ0n) is 18.1. The molecule has 1 amide bonds. The molecule has 1 aliphatic rings. The Kier molecular flexibility index (Phi) is 8.19. The summed E-state index contributed by atoms with van der Waals surface area (Å²) in [6.45, 7) is 4.89. The molecule has 31 heavy (non-hydrogen) atoms. The first-order valence-electron chi connectivity index (χ1n) is 10.6. The molecule has 0 spiro atoms. The molecule has 0 aliphatic heterocycles. The number of hydrogen-bond acceptors (Lipinski definition) is 4. The van der Waals surface area contributed by atoms with Crippen LogP contribution in [0.4, 0.5) is 0 Å². The van der Waals surface area contributed by atoms with Crippen LogP contribution in [0.5, 0.6) is 5.75 Å². The van der Waals surface area contributed by atoms with E-state index in [1.807, 2.05) is 43.3 Å². The Morgan fingerprint density at radius 3 is 2.39 bits per heavy atom. The van der Waals surface area contributed by atoms with Gasteiger partial charge in [0, 0.05) is 6.42 Å². The van der Waals surface area contributed by atoms with Crippen LogP contribution in [-0.4, -0.2) is 12.2 Å². The van der Waals surface area contributed by atoms with E-state index in [9.17, 15) is 9.59 Å². The molecule has 3 rings (SSSR count). The number of hydrogen-bond donors (Lipinski definition) is 1. The number of benzene rings is 2. The van der Waals surface area contributed by atoms with Gasteiger partial charge in [-0.1, -0.05) is 66.6 Å². The number of aryl methyl sites for hydroxylation is 1. The zero-order valence-corrected chi connectivity index (χ0v) is 18.1. The molecule has 0 radical (unpaired) electrons. The first kappa shape index (κ1) is 22.5. The topological polar surface area (TPSA) is 64.6 Å². The SMILES string of the molecule is Cc1ccc(COc2ccc(CONC(=O)CCC3=CC=C(C=O)C(C)C3)cc2)cc1. The van der Waals surface area contributed by atoms with E-state index in [0.717, 1.165) is 35.2 Å². The van der Waals surface area contributed by atoms with Crippen LogP contribution in [-0.2, 0) is 27.6 Å². The lowest BCUT2D eigenvalue weighted by Gasteiger charge is -2.18.